The van der Waals surface area contributed by atoms with Gasteiger partial charge in [-0.1, -0.05) is 25.6 Å². The van der Waals surface area contributed by atoms with E-state index < -0.39 is 25.5 Å². The highest BCUT2D eigenvalue weighted by atomic mass is 32.1. The highest BCUT2D eigenvalue weighted by molar-refractivity contribution is 7.09. The number of aliphatic hydroxyl groups is 1. The molecule has 1 rings (SSSR count). The van der Waals surface area contributed by atoms with Crippen LogP contribution in [0.3, 0.4) is 0 Å². The second-order valence-electron chi connectivity index (χ2n) is 5.11. The number of thiazole rings is 1. The molecule has 1 atom stereocenters. The molecule has 0 amide bonds. The molecule has 0 aliphatic rings. The summed E-state index contributed by atoms with van der Waals surface area (Å²) < 4.78 is 37.2. The molecule has 0 aliphatic carbocycles. The first-order chi connectivity index (χ1) is 7.92. The molecule has 1 unspecified atom stereocenters. The fourth-order valence-corrected chi connectivity index (χ4v) is 2.45. The summed E-state index contributed by atoms with van der Waals surface area (Å²) in [4.78, 5) is 3.41. The van der Waals surface area contributed by atoms with Gasteiger partial charge in [-0.15, -0.1) is 16.9 Å². The molecule has 18 heavy (non-hydrogen) atoms. The lowest BCUT2D eigenvalue weighted by molar-refractivity contribution is -0.140. The van der Waals surface area contributed by atoms with Crippen LogP contribution in [0.25, 0.3) is 0 Å². The van der Waals surface area contributed by atoms with Crippen LogP contribution in [0.5, 0.6) is 0 Å². The van der Waals surface area contributed by atoms with E-state index >= 15 is 0 Å². The topological polar surface area (TPSA) is 33.1 Å². The van der Waals surface area contributed by atoms with E-state index in [1.54, 1.807) is 0 Å². The molecule has 0 saturated carbocycles. The Labute approximate surface area is 109 Å². The fraction of sp³-hybridized carbons (Fsp3) is 0.545. The van der Waals surface area contributed by atoms with E-state index in [0.717, 1.165) is 16.7 Å². The van der Waals surface area contributed by atoms with Gasteiger partial charge < -0.3 is 5.11 Å². The number of aromatic nitrogens is 1. The van der Waals surface area contributed by atoms with Gasteiger partial charge in [0.05, 0.1) is 0 Å². The largest absolute Gasteiger partial charge is 0.434 e. The zero-order chi connectivity index (χ0) is 14.2. The molecule has 0 saturated heterocycles. The molecule has 1 aromatic heterocycles. The Morgan fingerprint density at radius 1 is 1.33 bits per heavy atom. The van der Waals surface area contributed by atoms with Crippen LogP contribution in [-0.4, -0.2) is 18.2 Å². The van der Waals surface area contributed by atoms with Gasteiger partial charge in [0.2, 0.25) is 0 Å². The van der Waals surface area contributed by atoms with Crippen LogP contribution in [0, 0.1) is 11.5 Å². The third-order valence-corrected chi connectivity index (χ3v) is 3.82. The Morgan fingerprint density at radius 3 is 2.28 bits per heavy atom. The molecule has 0 fully saturated rings. The molecule has 7 heteroatoms. The lowest BCUT2D eigenvalue weighted by Crippen LogP contribution is -2.23. The van der Waals surface area contributed by atoms with Gasteiger partial charge in [-0.2, -0.15) is 13.2 Å². The van der Waals surface area contributed by atoms with E-state index in [4.69, 9.17) is 0 Å². The van der Waals surface area contributed by atoms with Crippen LogP contribution >= 0.6 is 11.3 Å². The maximum atomic E-state index is 12.4. The van der Waals surface area contributed by atoms with Crippen LogP contribution < -0.4 is 0 Å². The number of hydrogen-bond acceptors (Lipinski definition) is 3. The molecule has 0 bridgehead atoms. The van der Waals surface area contributed by atoms with Crippen LogP contribution in [0.1, 0.15) is 17.6 Å². The average Bonchev–Trinajstić information content (AvgIpc) is 2.62. The molecule has 0 aliphatic heterocycles. The van der Waals surface area contributed by atoms with Crippen molar-refractivity contribution in [3.63, 3.8) is 0 Å². The van der Waals surface area contributed by atoms with Gasteiger partial charge in [0.15, 0.2) is 11.3 Å². The average molecular weight is 293 g/mol. The van der Waals surface area contributed by atoms with Crippen molar-refractivity contribution < 1.29 is 18.3 Å². The lowest BCUT2D eigenvalue weighted by Gasteiger charge is -2.14. The Bertz CT molecular complexity index is 491. The normalized spacial score (nSPS) is 15.8. The van der Waals surface area contributed by atoms with Crippen molar-refractivity contribution in [1.82, 2.24) is 4.98 Å². The zero-order valence-corrected chi connectivity index (χ0v) is 12.3. The SMILES string of the molecule is CC(O)(C#C[Si](C)(C)C)c1nc(C(F)(F)F)cs1. The van der Waals surface area contributed by atoms with Crippen molar-refractivity contribution in [1.29, 1.82) is 0 Å². The van der Waals surface area contributed by atoms with Gasteiger partial charge in [0.25, 0.3) is 0 Å². The monoisotopic (exact) mass is 293 g/mol. The minimum Gasteiger partial charge on any atom is -0.371 e. The maximum absolute atomic E-state index is 12.4. The lowest BCUT2D eigenvalue weighted by atomic mass is 10.1. The van der Waals surface area contributed by atoms with Crippen molar-refractivity contribution in [2.24, 2.45) is 0 Å². The predicted octanol–water partition coefficient (Wildman–Crippen LogP) is 3.25. The number of rotatable bonds is 1. The van der Waals surface area contributed by atoms with Crippen molar-refractivity contribution in [2.45, 2.75) is 38.3 Å². The molecule has 0 aromatic carbocycles. The van der Waals surface area contributed by atoms with E-state index in [-0.39, 0.29) is 5.01 Å². The van der Waals surface area contributed by atoms with E-state index in [9.17, 15) is 18.3 Å². The molecule has 1 aromatic rings. The smallest absolute Gasteiger partial charge is 0.371 e. The zero-order valence-electron chi connectivity index (χ0n) is 10.5. The van der Waals surface area contributed by atoms with Gasteiger partial charge in [-0.25, -0.2) is 4.98 Å². The minimum atomic E-state index is -4.49. The molecule has 1 heterocycles. The molecular formula is C11H14F3NOSSi. The van der Waals surface area contributed by atoms with Crippen LogP contribution in [0.4, 0.5) is 13.2 Å². The number of alkyl halides is 3. The van der Waals surface area contributed by atoms with E-state index in [0.29, 0.717) is 0 Å². The summed E-state index contributed by atoms with van der Waals surface area (Å²) in [5.41, 5.74) is 0.314. The van der Waals surface area contributed by atoms with E-state index in [1.807, 2.05) is 19.6 Å². The second kappa shape index (κ2) is 4.68. The standard InChI is InChI=1S/C11H14F3NOSSi/c1-10(16,5-6-18(2,3)4)9-15-8(7-17-9)11(12,13)14/h7,16H,1-4H3. The Balaban J connectivity index is 3.06. The van der Waals surface area contributed by atoms with Crippen LogP contribution in [0.2, 0.25) is 19.6 Å². The molecule has 100 valence electrons. The van der Waals surface area contributed by atoms with E-state index in [1.165, 1.54) is 6.92 Å². The predicted molar refractivity (Wildman–Crippen MR) is 67.8 cm³/mol. The summed E-state index contributed by atoms with van der Waals surface area (Å²) in [6.45, 7) is 7.32. The third kappa shape index (κ3) is 4.12. The van der Waals surface area contributed by atoms with Crippen LogP contribution in [0.15, 0.2) is 5.38 Å². The van der Waals surface area contributed by atoms with Crippen molar-refractivity contribution in [3.8, 4) is 11.5 Å². The van der Waals surface area contributed by atoms with Gasteiger partial charge in [0.1, 0.15) is 13.1 Å². The Hall–Kier alpha value is -0.843. The van der Waals surface area contributed by atoms with Crippen molar-refractivity contribution in [2.75, 3.05) is 0 Å². The Morgan fingerprint density at radius 2 is 1.89 bits per heavy atom. The van der Waals surface area contributed by atoms with Crippen molar-refractivity contribution >= 4 is 19.4 Å². The molecule has 1 N–H and O–H groups in total. The first kappa shape index (κ1) is 15.2. The maximum Gasteiger partial charge on any atom is 0.434 e. The van der Waals surface area contributed by atoms with Gasteiger partial charge >= 0.3 is 6.18 Å². The summed E-state index contributed by atoms with van der Waals surface area (Å²) in [5.74, 6) is 2.63. The summed E-state index contributed by atoms with van der Waals surface area (Å²) in [6.07, 6.45) is -4.49. The van der Waals surface area contributed by atoms with Crippen molar-refractivity contribution in [3.05, 3.63) is 16.1 Å². The van der Waals surface area contributed by atoms with Gasteiger partial charge in [-0.3, -0.25) is 0 Å². The Kier molecular flexibility index (Phi) is 3.96. The summed E-state index contributed by atoms with van der Waals surface area (Å²) in [5, 5.41) is 10.9. The quantitative estimate of drug-likeness (QED) is 0.637. The third-order valence-electron chi connectivity index (χ3n) is 1.89. The number of hydrogen-bond donors (Lipinski definition) is 1. The number of halogens is 3. The minimum absolute atomic E-state index is 0.0272. The first-order valence-electron chi connectivity index (χ1n) is 5.22. The molecular weight excluding hydrogens is 279 g/mol. The van der Waals surface area contributed by atoms with Gasteiger partial charge in [-0.05, 0) is 6.92 Å². The van der Waals surface area contributed by atoms with Crippen LogP contribution in [-0.2, 0) is 11.8 Å². The molecule has 0 radical (unpaired) electrons. The van der Waals surface area contributed by atoms with Gasteiger partial charge in [0, 0.05) is 5.38 Å². The summed E-state index contributed by atoms with van der Waals surface area (Å²) >= 11 is 0.766. The molecule has 0 spiro atoms. The van der Waals surface area contributed by atoms with E-state index in [2.05, 4.69) is 16.4 Å². The highest BCUT2D eigenvalue weighted by Gasteiger charge is 2.36. The fourth-order valence-electron chi connectivity index (χ4n) is 0.990. The summed E-state index contributed by atoms with van der Waals surface area (Å²) in [6, 6.07) is 0. The summed E-state index contributed by atoms with van der Waals surface area (Å²) in [7, 11) is -1.70. The first-order valence-corrected chi connectivity index (χ1v) is 9.60. The number of nitrogens with zero attached hydrogens (tertiary/aromatic N) is 1. The molecule has 2 nitrogen and oxygen atoms in total. The second-order valence-corrected chi connectivity index (χ2v) is 10.7. The highest BCUT2D eigenvalue weighted by Crippen LogP contribution is 2.33.